The minimum atomic E-state index is 0.0375. The molecule has 0 amide bonds. The number of aryl methyl sites for hydroxylation is 1. The summed E-state index contributed by atoms with van der Waals surface area (Å²) in [5.41, 5.74) is 13.1. The Balaban J connectivity index is 1.79. The fraction of sp³-hybridized carbons (Fsp3) is 0.300. The van der Waals surface area contributed by atoms with Crippen LogP contribution in [0.3, 0.4) is 0 Å². The Morgan fingerprint density at radius 2 is 1.53 bits per heavy atom. The zero-order valence-electron chi connectivity index (χ0n) is 19.9. The summed E-state index contributed by atoms with van der Waals surface area (Å²) >= 11 is 0. The first-order valence-corrected chi connectivity index (χ1v) is 12.1. The van der Waals surface area contributed by atoms with Crippen LogP contribution in [0.25, 0.3) is 22.2 Å². The van der Waals surface area contributed by atoms with Crippen molar-refractivity contribution in [1.29, 1.82) is 0 Å². The molecule has 0 N–H and O–H groups in total. The normalized spacial score (nSPS) is 24.9. The van der Waals surface area contributed by atoms with E-state index < -0.39 is 0 Å². The second kappa shape index (κ2) is 6.57. The van der Waals surface area contributed by atoms with Gasteiger partial charge >= 0.3 is 0 Å². The number of hydrogen-bond donors (Lipinski definition) is 0. The molecule has 2 aromatic carbocycles. The van der Waals surface area contributed by atoms with Crippen LogP contribution in [0, 0.1) is 12.3 Å². The van der Waals surface area contributed by atoms with Gasteiger partial charge < -0.3 is 0 Å². The molecule has 0 radical (unpaired) electrons. The molecule has 0 saturated carbocycles. The van der Waals surface area contributed by atoms with E-state index in [1.54, 1.807) is 5.57 Å². The Kier molecular flexibility index (Phi) is 4.07. The van der Waals surface area contributed by atoms with Gasteiger partial charge in [0.05, 0.1) is 5.41 Å². The molecule has 1 nitrogen and oxygen atoms in total. The first-order chi connectivity index (χ1) is 15.5. The van der Waals surface area contributed by atoms with Gasteiger partial charge in [-0.3, -0.25) is 0 Å². The lowest BCUT2D eigenvalue weighted by Gasteiger charge is -2.47. The highest BCUT2D eigenvalue weighted by molar-refractivity contribution is 6.98. The monoisotopic (exact) mass is 416 g/mol. The zero-order valence-corrected chi connectivity index (χ0v) is 19.9. The van der Waals surface area contributed by atoms with Crippen LogP contribution in [0.15, 0.2) is 78.4 Å². The molecule has 0 fully saturated rings. The number of pyridine rings is 1. The Morgan fingerprint density at radius 3 is 2.28 bits per heavy atom. The topological polar surface area (TPSA) is 3.88 Å². The van der Waals surface area contributed by atoms with Crippen molar-refractivity contribution in [2.45, 2.75) is 53.0 Å². The maximum atomic E-state index is 2.64. The van der Waals surface area contributed by atoms with E-state index in [9.17, 15) is 0 Å². The molecule has 2 unspecified atom stereocenters. The predicted octanol–water partition coefficient (Wildman–Crippen LogP) is 6.15. The molecular weight excluding hydrogens is 385 g/mol. The summed E-state index contributed by atoms with van der Waals surface area (Å²) in [6.07, 6.45) is 4.55. The number of nitrogens with zero attached hydrogens (tertiary/aromatic N) is 1. The third-order valence-electron chi connectivity index (χ3n) is 9.15. The van der Waals surface area contributed by atoms with Crippen LogP contribution in [0.2, 0.25) is 0 Å². The maximum absolute atomic E-state index is 2.64. The van der Waals surface area contributed by atoms with Crippen molar-refractivity contribution in [3.63, 3.8) is 0 Å². The summed E-state index contributed by atoms with van der Waals surface area (Å²) in [6.45, 7) is 12.3. The highest BCUT2D eigenvalue weighted by Crippen LogP contribution is 2.58. The fourth-order valence-electron chi connectivity index (χ4n) is 6.95. The van der Waals surface area contributed by atoms with Crippen LogP contribution >= 0.6 is 0 Å². The Labute approximate surface area is 192 Å². The zero-order chi connectivity index (χ0) is 22.3. The highest BCUT2D eigenvalue weighted by atomic mass is 15.1. The van der Waals surface area contributed by atoms with E-state index in [4.69, 9.17) is 0 Å². The van der Waals surface area contributed by atoms with Crippen molar-refractivity contribution < 1.29 is 4.57 Å². The molecule has 3 aromatic rings. The average Bonchev–Trinajstić information content (AvgIpc) is 3.24. The molecule has 4 heterocycles. The van der Waals surface area contributed by atoms with Gasteiger partial charge in [-0.05, 0) is 54.1 Å². The predicted molar refractivity (Wildman–Crippen MR) is 136 cm³/mol. The summed E-state index contributed by atoms with van der Waals surface area (Å²) in [4.78, 5) is 0. The lowest BCUT2D eigenvalue weighted by atomic mass is 9.36. The number of hydrogen-bond acceptors (Lipinski definition) is 0. The van der Waals surface area contributed by atoms with Crippen molar-refractivity contribution in [3.05, 3.63) is 95.2 Å². The molecular formula is C30H31BN+. The van der Waals surface area contributed by atoms with Gasteiger partial charge in [-0.1, -0.05) is 67.3 Å². The van der Waals surface area contributed by atoms with Gasteiger partial charge in [0.25, 0.3) is 0 Å². The largest absolute Gasteiger partial charge is 0.237 e. The van der Waals surface area contributed by atoms with Gasteiger partial charge in [0.1, 0.15) is 0 Å². The van der Waals surface area contributed by atoms with Gasteiger partial charge in [-0.25, -0.2) is 0 Å². The molecule has 6 rings (SSSR count). The summed E-state index contributed by atoms with van der Waals surface area (Å²) in [6, 6.07) is 22.6. The molecule has 3 aliphatic rings. The van der Waals surface area contributed by atoms with Crippen molar-refractivity contribution in [1.82, 2.24) is 0 Å². The van der Waals surface area contributed by atoms with Gasteiger partial charge in [0.2, 0.25) is 12.4 Å². The van der Waals surface area contributed by atoms with Crippen molar-refractivity contribution in [3.8, 4) is 11.1 Å². The Bertz CT molecular complexity index is 1350. The van der Waals surface area contributed by atoms with Crippen LogP contribution in [0.1, 0.15) is 57.4 Å². The standard InChI is InChI=1S/C30H31BN/c1-6-29(4)24-19-31-27-20(3)13-12-16-22(27)21-14-8-9-15-23(21)28(31)26(24)25-17-10-11-18-32(25)30(29,5)7-2/h8-19H,6-7H2,1-5H3/q+1. The van der Waals surface area contributed by atoms with Crippen LogP contribution in [-0.2, 0) is 5.54 Å². The number of benzene rings is 2. The summed E-state index contributed by atoms with van der Waals surface area (Å²) < 4.78 is 2.59. The highest BCUT2D eigenvalue weighted by Gasteiger charge is 2.60. The minimum absolute atomic E-state index is 0.0375. The van der Waals surface area contributed by atoms with Gasteiger partial charge in [0, 0.05) is 31.1 Å². The van der Waals surface area contributed by atoms with Crippen LogP contribution < -0.4 is 10.0 Å². The lowest BCUT2D eigenvalue weighted by Crippen LogP contribution is -2.67. The first kappa shape index (κ1) is 19.8. The van der Waals surface area contributed by atoms with E-state index >= 15 is 0 Å². The quantitative estimate of drug-likeness (QED) is 0.349. The molecule has 0 saturated heterocycles. The second-order valence-electron chi connectivity index (χ2n) is 10.2. The molecule has 158 valence electrons. The first-order valence-electron chi connectivity index (χ1n) is 12.1. The number of rotatable bonds is 2. The van der Waals surface area contributed by atoms with Crippen molar-refractivity contribution in [2.24, 2.45) is 5.41 Å². The smallest absolute Gasteiger partial charge is 0.192 e. The SMILES string of the molecule is CCC1(C)C2=CB3C(=C2c2cccc[n+]2C1(C)CC)c1ccccc1-c1cccc(C)c13. The summed E-state index contributed by atoms with van der Waals surface area (Å²) in [5, 5.41) is 0. The maximum Gasteiger partial charge on any atom is 0.237 e. The third kappa shape index (κ3) is 2.18. The van der Waals surface area contributed by atoms with Gasteiger partial charge in [0.15, 0.2) is 11.7 Å². The molecule has 0 aliphatic carbocycles. The second-order valence-corrected chi connectivity index (χ2v) is 10.2. The lowest BCUT2D eigenvalue weighted by molar-refractivity contribution is -0.780. The molecule has 3 aliphatic heterocycles. The molecule has 2 atom stereocenters. The van der Waals surface area contributed by atoms with Crippen molar-refractivity contribution in [2.75, 3.05) is 0 Å². The number of aromatic nitrogens is 1. The number of allylic oxidation sites excluding steroid dienone is 2. The van der Waals surface area contributed by atoms with E-state index in [0.717, 1.165) is 12.8 Å². The summed E-state index contributed by atoms with van der Waals surface area (Å²) in [7, 11) is 0. The third-order valence-corrected chi connectivity index (χ3v) is 9.15. The van der Waals surface area contributed by atoms with Crippen molar-refractivity contribution >= 4 is 23.2 Å². The molecule has 0 spiro atoms. The molecule has 0 bridgehead atoms. The summed E-state index contributed by atoms with van der Waals surface area (Å²) in [5.74, 6) is 2.64. The molecule has 32 heavy (non-hydrogen) atoms. The minimum Gasteiger partial charge on any atom is -0.192 e. The van der Waals surface area contributed by atoms with Crippen LogP contribution in [0.5, 0.6) is 0 Å². The average molecular weight is 416 g/mol. The van der Waals surface area contributed by atoms with E-state index in [1.807, 2.05) is 0 Å². The van der Waals surface area contributed by atoms with Crippen LogP contribution in [-0.4, -0.2) is 6.71 Å². The van der Waals surface area contributed by atoms with Gasteiger partial charge in [-0.15, -0.1) is 5.98 Å². The van der Waals surface area contributed by atoms with E-state index in [-0.39, 0.29) is 11.0 Å². The molecule has 1 aromatic heterocycles. The number of fused-ring (bicyclic) bond motifs is 9. The van der Waals surface area contributed by atoms with E-state index in [2.05, 4.69) is 112 Å². The Morgan fingerprint density at radius 1 is 0.812 bits per heavy atom. The van der Waals surface area contributed by atoms with Crippen LogP contribution in [0.4, 0.5) is 0 Å². The van der Waals surface area contributed by atoms with Gasteiger partial charge in [-0.2, -0.15) is 4.57 Å². The van der Waals surface area contributed by atoms with E-state index in [0.29, 0.717) is 6.71 Å². The van der Waals surface area contributed by atoms with E-state index in [1.165, 1.54) is 44.5 Å². The fourth-order valence-corrected chi connectivity index (χ4v) is 6.95. The Hall–Kier alpha value is -2.87. The molecule has 2 heteroatoms.